The number of ketones is 2. The van der Waals surface area contributed by atoms with E-state index in [4.69, 9.17) is 10.5 Å². The zero-order valence-electron chi connectivity index (χ0n) is 18.4. The largest absolute Gasteiger partial charge is 1.00 e. The summed E-state index contributed by atoms with van der Waals surface area (Å²) in [6.07, 6.45) is 0. The maximum absolute atomic E-state index is 13.3. The van der Waals surface area contributed by atoms with Gasteiger partial charge in [-0.3, -0.25) is 14.1 Å². The van der Waals surface area contributed by atoms with E-state index in [1.165, 1.54) is 12.1 Å². The number of anilines is 3. The molecule has 1 aliphatic carbocycles. The van der Waals surface area contributed by atoms with E-state index in [0.717, 1.165) is 6.07 Å². The number of nitrogen functional groups attached to an aromatic ring is 1. The molecule has 0 atom stereocenters. The maximum Gasteiger partial charge on any atom is 1.00 e. The number of hydrogen-bond acceptors (Lipinski definition) is 7. The summed E-state index contributed by atoms with van der Waals surface area (Å²) in [6, 6.07) is 14.0. The van der Waals surface area contributed by atoms with Crippen LogP contribution in [-0.4, -0.2) is 31.1 Å². The fourth-order valence-electron chi connectivity index (χ4n) is 3.59. The molecule has 0 heterocycles. The number of carbonyl (C=O) groups is 2. The molecule has 3 aromatic carbocycles. The van der Waals surface area contributed by atoms with Crippen molar-refractivity contribution in [2.75, 3.05) is 17.7 Å². The van der Waals surface area contributed by atoms with Gasteiger partial charge in [0, 0.05) is 22.9 Å². The minimum atomic E-state index is -4.77. The van der Waals surface area contributed by atoms with Crippen LogP contribution < -0.4 is 45.3 Å². The summed E-state index contributed by atoms with van der Waals surface area (Å²) in [5.41, 5.74) is 5.98. The fraction of sp³-hybridized carbons (Fsp3) is 0.0909. The monoisotopic (exact) mass is 462 g/mol. The van der Waals surface area contributed by atoms with Crippen molar-refractivity contribution in [3.05, 3.63) is 76.9 Å². The first kappa shape index (κ1) is 24.0. The molecular formula is C22H19N2NaO6S. The Bertz CT molecular complexity index is 1360. The van der Waals surface area contributed by atoms with Crippen molar-refractivity contribution in [1.82, 2.24) is 0 Å². The van der Waals surface area contributed by atoms with Crippen LogP contribution in [0.4, 0.5) is 17.1 Å². The number of ether oxygens (including phenoxy) is 1. The van der Waals surface area contributed by atoms with Crippen LogP contribution in [0.15, 0.2) is 59.5 Å². The Hall–Kier alpha value is -2.69. The van der Waals surface area contributed by atoms with Crippen molar-refractivity contribution >= 4 is 38.7 Å². The summed E-state index contributed by atoms with van der Waals surface area (Å²) >= 11 is 0. The molecule has 0 radical (unpaired) electrons. The molecule has 0 fully saturated rings. The summed E-state index contributed by atoms with van der Waals surface area (Å²) in [5, 5.41) is 2.97. The molecule has 32 heavy (non-hydrogen) atoms. The molecule has 0 unspecified atom stereocenters. The molecule has 1 aliphatic rings. The smallest absolute Gasteiger partial charge is 1.00 e. The first-order valence-electron chi connectivity index (χ1n) is 9.34. The van der Waals surface area contributed by atoms with Crippen molar-refractivity contribution in [2.45, 2.75) is 11.8 Å². The van der Waals surface area contributed by atoms with E-state index < -0.39 is 32.3 Å². The van der Waals surface area contributed by atoms with Crippen molar-refractivity contribution in [2.24, 2.45) is 0 Å². The number of nitrogens with two attached hydrogens (primary N) is 1. The third-order valence-corrected chi connectivity index (χ3v) is 5.80. The first-order chi connectivity index (χ1) is 14.7. The van der Waals surface area contributed by atoms with Crippen LogP contribution in [0.1, 0.15) is 40.2 Å². The Labute approximate surface area is 208 Å². The second-order valence-corrected chi connectivity index (χ2v) is 8.24. The van der Waals surface area contributed by atoms with Gasteiger partial charge in [-0.25, -0.2) is 0 Å². The van der Waals surface area contributed by atoms with Gasteiger partial charge in [-0.1, -0.05) is 30.3 Å². The SMILES string of the molecule is CCOc1cccc(Nc2cc(S(=O)(=O)O)c(N)c3c2C(=O)c2ccccc2C3=O)c1.[H-].[Na+]. The zero-order chi connectivity index (χ0) is 22.3. The molecule has 4 N–H and O–H groups in total. The van der Waals surface area contributed by atoms with Gasteiger partial charge >= 0.3 is 29.6 Å². The Morgan fingerprint density at radius 1 is 1.00 bits per heavy atom. The van der Waals surface area contributed by atoms with Crippen molar-refractivity contribution < 1.29 is 58.3 Å². The molecule has 3 aromatic rings. The molecule has 4 rings (SSSR count). The molecule has 0 saturated carbocycles. The number of benzene rings is 3. The van der Waals surface area contributed by atoms with Crippen LogP contribution >= 0.6 is 0 Å². The quantitative estimate of drug-likeness (QED) is 0.222. The summed E-state index contributed by atoms with van der Waals surface area (Å²) in [5.74, 6) is -0.527. The van der Waals surface area contributed by atoms with Gasteiger partial charge in [-0.05, 0) is 25.1 Å². The van der Waals surface area contributed by atoms with E-state index in [1.807, 2.05) is 6.92 Å². The Morgan fingerprint density at radius 2 is 1.62 bits per heavy atom. The van der Waals surface area contributed by atoms with Crippen LogP contribution in [0.5, 0.6) is 5.75 Å². The second kappa shape index (κ2) is 9.05. The van der Waals surface area contributed by atoms with Gasteiger partial charge < -0.3 is 17.2 Å². The number of rotatable bonds is 5. The minimum Gasteiger partial charge on any atom is -1.00 e. The third-order valence-electron chi connectivity index (χ3n) is 4.90. The van der Waals surface area contributed by atoms with E-state index >= 15 is 0 Å². The first-order valence-corrected chi connectivity index (χ1v) is 10.8. The number of fused-ring (bicyclic) bond motifs is 2. The standard InChI is InChI=1S/C22H18N2O6S.Na.H/c1-2-30-13-7-5-6-12(10-13)24-16-11-17(31(27,28)29)20(23)19-18(16)21(25)14-8-3-4-9-15(14)22(19)26;;/h3-11,24H,2,23H2,1H3,(H,27,28,29);;/q;+1;-1. The number of nitrogens with one attached hydrogen (secondary N) is 1. The van der Waals surface area contributed by atoms with Crippen molar-refractivity contribution in [3.63, 3.8) is 0 Å². The summed E-state index contributed by atoms with van der Waals surface area (Å²) in [7, 11) is -4.77. The van der Waals surface area contributed by atoms with Crippen molar-refractivity contribution in [1.29, 1.82) is 0 Å². The van der Waals surface area contributed by atoms with Gasteiger partial charge in [0.1, 0.15) is 10.6 Å². The van der Waals surface area contributed by atoms with Crippen molar-refractivity contribution in [3.8, 4) is 5.75 Å². The number of hydrogen-bond donors (Lipinski definition) is 3. The summed E-state index contributed by atoms with van der Waals surface area (Å²) in [4.78, 5) is 25.7. The Balaban J connectivity index is 0.00000193. The second-order valence-electron chi connectivity index (χ2n) is 6.85. The molecule has 0 bridgehead atoms. The molecular weight excluding hydrogens is 443 g/mol. The molecule has 0 amide bonds. The van der Waals surface area contributed by atoms with Gasteiger partial charge in [0.05, 0.1) is 29.1 Å². The molecule has 8 nitrogen and oxygen atoms in total. The van der Waals surface area contributed by atoms with E-state index in [0.29, 0.717) is 18.0 Å². The molecule has 10 heteroatoms. The molecule has 0 saturated heterocycles. The molecule has 160 valence electrons. The average Bonchev–Trinajstić information content (AvgIpc) is 2.72. The van der Waals surface area contributed by atoms with E-state index in [1.54, 1.807) is 36.4 Å². The van der Waals surface area contributed by atoms with Crippen LogP contribution in [0.25, 0.3) is 0 Å². The van der Waals surface area contributed by atoms with Gasteiger partial charge in [-0.15, -0.1) is 0 Å². The normalized spacial score (nSPS) is 12.4. The Kier molecular flexibility index (Phi) is 6.77. The fourth-order valence-corrected chi connectivity index (χ4v) is 4.24. The minimum absolute atomic E-state index is 0. The molecule has 0 aliphatic heterocycles. The summed E-state index contributed by atoms with van der Waals surface area (Å²) in [6.45, 7) is 2.27. The zero-order valence-corrected chi connectivity index (χ0v) is 20.2. The predicted octanol–water partition coefficient (Wildman–Crippen LogP) is 0.550. The van der Waals surface area contributed by atoms with Gasteiger partial charge in [0.25, 0.3) is 10.1 Å². The molecule has 0 aromatic heterocycles. The van der Waals surface area contributed by atoms with Gasteiger partial charge in [-0.2, -0.15) is 8.42 Å². The molecule has 0 spiro atoms. The van der Waals surface area contributed by atoms with Crippen LogP contribution in [0.3, 0.4) is 0 Å². The topological polar surface area (TPSA) is 136 Å². The van der Waals surface area contributed by atoms with E-state index in [2.05, 4.69) is 5.32 Å². The van der Waals surface area contributed by atoms with Gasteiger partial charge in [0.15, 0.2) is 11.6 Å². The number of carbonyl (C=O) groups excluding carboxylic acids is 2. The maximum atomic E-state index is 13.3. The predicted molar refractivity (Wildman–Crippen MR) is 116 cm³/mol. The van der Waals surface area contributed by atoms with E-state index in [9.17, 15) is 22.6 Å². The Morgan fingerprint density at radius 3 is 2.22 bits per heavy atom. The van der Waals surface area contributed by atoms with Crippen LogP contribution in [0.2, 0.25) is 0 Å². The average molecular weight is 462 g/mol. The van der Waals surface area contributed by atoms with Crippen LogP contribution in [0, 0.1) is 0 Å². The van der Waals surface area contributed by atoms with Crippen LogP contribution in [-0.2, 0) is 10.1 Å². The third kappa shape index (κ3) is 4.17. The van der Waals surface area contributed by atoms with Gasteiger partial charge in [0.2, 0.25) is 0 Å². The summed E-state index contributed by atoms with van der Waals surface area (Å²) < 4.78 is 39.0. The van der Waals surface area contributed by atoms with E-state index in [-0.39, 0.29) is 58.9 Å².